The molecule has 0 saturated carbocycles. The van der Waals surface area contributed by atoms with E-state index in [1.54, 1.807) is 38.1 Å². The number of benzene rings is 1. The molecule has 0 fully saturated rings. The van der Waals surface area contributed by atoms with Gasteiger partial charge in [0.25, 0.3) is 0 Å². The summed E-state index contributed by atoms with van der Waals surface area (Å²) in [7, 11) is -2.19. The van der Waals surface area contributed by atoms with Crippen LogP contribution in [0.4, 0.5) is 4.79 Å². The highest BCUT2D eigenvalue weighted by atomic mass is 32.2. The smallest absolute Gasteiger partial charge is 0.321 e. The Hall–Kier alpha value is -2.44. The maximum atomic E-state index is 13.0. The Bertz CT molecular complexity index is 1050. The first kappa shape index (κ1) is 25.8. The molecule has 0 saturated heterocycles. The van der Waals surface area contributed by atoms with Crippen LogP contribution in [0.1, 0.15) is 40.2 Å². The summed E-state index contributed by atoms with van der Waals surface area (Å²) in [5, 5.41) is 13.6. The summed E-state index contributed by atoms with van der Waals surface area (Å²) in [6.07, 6.45) is 0.778. The molecule has 176 valence electrons. The van der Waals surface area contributed by atoms with Crippen LogP contribution >= 0.6 is 11.8 Å². The van der Waals surface area contributed by atoms with E-state index in [-0.39, 0.29) is 16.7 Å². The fourth-order valence-corrected chi connectivity index (χ4v) is 5.36. The van der Waals surface area contributed by atoms with E-state index >= 15 is 0 Å². The summed E-state index contributed by atoms with van der Waals surface area (Å²) in [5.41, 5.74) is 0.618. The number of imide groups is 1. The number of hydrogen-bond donors (Lipinski definition) is 2. The highest BCUT2D eigenvalue weighted by Crippen LogP contribution is 2.30. The quantitative estimate of drug-likeness (QED) is 0.498. The predicted octanol–water partition coefficient (Wildman–Crippen LogP) is 2.49. The molecular weight excluding hydrogens is 452 g/mol. The van der Waals surface area contributed by atoms with Gasteiger partial charge in [-0.2, -0.15) is 4.31 Å². The summed E-state index contributed by atoms with van der Waals surface area (Å²) in [6.45, 7) is 8.37. The molecule has 0 aliphatic heterocycles. The summed E-state index contributed by atoms with van der Waals surface area (Å²) in [6, 6.07) is 6.07. The van der Waals surface area contributed by atoms with Crippen molar-refractivity contribution in [3.63, 3.8) is 0 Å². The molecule has 1 unspecified atom stereocenters. The van der Waals surface area contributed by atoms with Crippen molar-refractivity contribution in [2.45, 2.75) is 50.2 Å². The van der Waals surface area contributed by atoms with Gasteiger partial charge in [-0.25, -0.2) is 13.2 Å². The monoisotopic (exact) mass is 482 g/mol. The summed E-state index contributed by atoms with van der Waals surface area (Å²) < 4.78 is 29.2. The molecule has 0 spiro atoms. The van der Waals surface area contributed by atoms with E-state index in [2.05, 4.69) is 20.8 Å². The van der Waals surface area contributed by atoms with E-state index < -0.39 is 22.0 Å². The maximum absolute atomic E-state index is 13.0. The molecule has 2 N–H and O–H groups in total. The second kappa shape index (κ2) is 11.4. The Morgan fingerprint density at radius 1 is 1.19 bits per heavy atom. The molecule has 0 radical (unpaired) electrons. The number of amides is 3. The largest absolute Gasteiger partial charge is 0.341 e. The average molecular weight is 483 g/mol. The van der Waals surface area contributed by atoms with Gasteiger partial charge in [0.05, 0.1) is 10.6 Å². The van der Waals surface area contributed by atoms with Gasteiger partial charge in [-0.05, 0) is 25.5 Å². The van der Waals surface area contributed by atoms with Gasteiger partial charge in [0, 0.05) is 31.7 Å². The van der Waals surface area contributed by atoms with Crippen LogP contribution in [0.15, 0.2) is 34.3 Å². The molecule has 1 atom stereocenters. The lowest BCUT2D eigenvalue weighted by Crippen LogP contribution is -2.38. The van der Waals surface area contributed by atoms with E-state index in [4.69, 9.17) is 0 Å². The number of nitrogens with zero attached hydrogens (tertiary/aromatic N) is 4. The van der Waals surface area contributed by atoms with E-state index in [9.17, 15) is 18.0 Å². The molecule has 12 heteroatoms. The molecular formula is C20H30N6O4S2. The number of carbonyl (C=O) groups is 2. The lowest BCUT2D eigenvalue weighted by atomic mass is 10.2. The van der Waals surface area contributed by atoms with Gasteiger partial charge >= 0.3 is 6.03 Å². The molecule has 0 aliphatic rings. The van der Waals surface area contributed by atoms with Crippen LogP contribution in [0.3, 0.4) is 0 Å². The second-order valence-electron chi connectivity index (χ2n) is 6.97. The number of nitrogens with one attached hydrogen (secondary N) is 2. The zero-order valence-electron chi connectivity index (χ0n) is 19.0. The first-order valence-electron chi connectivity index (χ1n) is 10.4. The van der Waals surface area contributed by atoms with Gasteiger partial charge in [-0.1, -0.05) is 44.7 Å². The third kappa shape index (κ3) is 5.87. The Morgan fingerprint density at radius 2 is 1.88 bits per heavy atom. The lowest BCUT2D eigenvalue weighted by Gasteiger charge is -2.19. The van der Waals surface area contributed by atoms with E-state index in [0.717, 1.165) is 18.2 Å². The molecule has 2 aromatic rings. The van der Waals surface area contributed by atoms with Gasteiger partial charge < -0.3 is 5.32 Å². The SMILES string of the molecule is CCC(C)n1c(SCC(=O)NC(=O)NC)nnc1-c1cccc(S(=O)(=O)N(CC)CC)c1. The average Bonchev–Trinajstić information content (AvgIpc) is 3.21. The van der Waals surface area contributed by atoms with Crippen LogP contribution in [0.5, 0.6) is 0 Å². The molecule has 3 amide bonds. The van der Waals surface area contributed by atoms with Gasteiger partial charge in [0.15, 0.2) is 11.0 Å². The van der Waals surface area contributed by atoms with Gasteiger partial charge in [-0.15, -0.1) is 10.2 Å². The fourth-order valence-electron chi connectivity index (χ4n) is 3.02. The topological polar surface area (TPSA) is 126 Å². The molecule has 32 heavy (non-hydrogen) atoms. The van der Waals surface area contributed by atoms with Gasteiger partial charge in [0.2, 0.25) is 15.9 Å². The second-order valence-corrected chi connectivity index (χ2v) is 9.85. The van der Waals surface area contributed by atoms with Crippen molar-refractivity contribution < 1.29 is 18.0 Å². The van der Waals surface area contributed by atoms with Crippen molar-refractivity contribution in [2.24, 2.45) is 0 Å². The first-order chi connectivity index (χ1) is 15.2. The molecule has 10 nitrogen and oxygen atoms in total. The van der Waals surface area contributed by atoms with E-state index in [1.807, 2.05) is 18.4 Å². The van der Waals surface area contributed by atoms with Crippen LogP contribution < -0.4 is 10.6 Å². The predicted molar refractivity (Wildman–Crippen MR) is 124 cm³/mol. The van der Waals surface area contributed by atoms with Crippen LogP contribution in [0.25, 0.3) is 11.4 Å². The van der Waals surface area contributed by atoms with E-state index in [1.165, 1.54) is 11.4 Å². The highest BCUT2D eigenvalue weighted by molar-refractivity contribution is 7.99. The maximum Gasteiger partial charge on any atom is 0.321 e. The third-order valence-electron chi connectivity index (χ3n) is 4.94. The number of hydrogen-bond acceptors (Lipinski definition) is 7. The van der Waals surface area contributed by atoms with Gasteiger partial charge in [0.1, 0.15) is 0 Å². The molecule has 0 bridgehead atoms. The van der Waals surface area contributed by atoms with Crippen molar-refractivity contribution in [2.75, 3.05) is 25.9 Å². The van der Waals surface area contributed by atoms with Crippen LogP contribution in [-0.2, 0) is 14.8 Å². The fraction of sp³-hybridized carbons (Fsp3) is 0.500. The number of carbonyl (C=O) groups excluding carboxylic acids is 2. The Morgan fingerprint density at radius 3 is 2.47 bits per heavy atom. The molecule has 1 aromatic heterocycles. The summed E-state index contributed by atoms with van der Waals surface area (Å²) in [5.74, 6) is 0.0466. The lowest BCUT2D eigenvalue weighted by molar-refractivity contribution is -0.117. The summed E-state index contributed by atoms with van der Waals surface area (Å²) in [4.78, 5) is 23.5. The van der Waals surface area contributed by atoms with Crippen LogP contribution in [0, 0.1) is 0 Å². The van der Waals surface area contributed by atoms with Crippen LogP contribution in [0.2, 0.25) is 0 Å². The normalized spacial score (nSPS) is 12.6. The zero-order valence-corrected chi connectivity index (χ0v) is 20.6. The molecule has 2 rings (SSSR count). The van der Waals surface area contributed by atoms with Crippen molar-refractivity contribution in [1.29, 1.82) is 0 Å². The van der Waals surface area contributed by atoms with E-state index in [0.29, 0.717) is 29.6 Å². The van der Waals surface area contributed by atoms with Crippen molar-refractivity contribution >= 4 is 33.7 Å². The van der Waals surface area contributed by atoms with Crippen molar-refractivity contribution in [3.8, 4) is 11.4 Å². The summed E-state index contributed by atoms with van der Waals surface area (Å²) >= 11 is 1.16. The highest BCUT2D eigenvalue weighted by Gasteiger charge is 2.24. The Labute approximate surface area is 193 Å². The standard InChI is InChI=1S/C20H30N6O4S2/c1-6-14(4)26-18(23-24-20(26)31-13-17(27)22-19(28)21-5)15-10-9-11-16(12-15)32(29,30)25(7-2)8-3/h9-12,14H,6-8,13H2,1-5H3,(H2,21,22,27,28). The number of sulfonamides is 1. The molecule has 1 aromatic carbocycles. The molecule has 1 heterocycles. The zero-order chi connectivity index (χ0) is 23.9. The number of urea groups is 1. The Balaban J connectivity index is 2.40. The minimum atomic E-state index is -3.62. The number of thioether (sulfide) groups is 1. The minimum absolute atomic E-state index is 0.00699. The van der Waals surface area contributed by atoms with Crippen molar-refractivity contribution in [3.05, 3.63) is 24.3 Å². The number of rotatable bonds is 10. The minimum Gasteiger partial charge on any atom is -0.341 e. The number of aromatic nitrogens is 3. The Kier molecular flexibility index (Phi) is 9.22. The van der Waals surface area contributed by atoms with Gasteiger partial charge in [-0.3, -0.25) is 14.7 Å². The molecule has 0 aliphatic carbocycles. The van der Waals surface area contributed by atoms with Crippen molar-refractivity contribution in [1.82, 2.24) is 29.7 Å². The first-order valence-corrected chi connectivity index (χ1v) is 12.8. The third-order valence-corrected chi connectivity index (χ3v) is 7.93. The van der Waals surface area contributed by atoms with Crippen LogP contribution in [-0.4, -0.2) is 65.3 Å².